The van der Waals surface area contributed by atoms with Gasteiger partial charge in [0.1, 0.15) is 10.1 Å². The Bertz CT molecular complexity index is 690. The van der Waals surface area contributed by atoms with Crippen LogP contribution in [0.5, 0.6) is 17.2 Å². The molecule has 1 aromatic rings. The summed E-state index contributed by atoms with van der Waals surface area (Å²) in [6, 6.07) is 3.50. The number of carbonyl (C=O) groups excluding carboxylic acids is 1. The van der Waals surface area contributed by atoms with E-state index in [0.29, 0.717) is 39.6 Å². The molecule has 0 radical (unpaired) electrons. The highest BCUT2D eigenvalue weighted by molar-refractivity contribution is 8.26. The fraction of sp³-hybridized carbons (Fsp3) is 0.412. The second kappa shape index (κ2) is 9.07. The quantitative estimate of drug-likeness (QED) is 0.389. The number of ether oxygens (including phenoxy) is 4. The lowest BCUT2D eigenvalue weighted by Crippen LogP contribution is -2.29. The van der Waals surface area contributed by atoms with Crippen LogP contribution in [0.1, 0.15) is 12.0 Å². The van der Waals surface area contributed by atoms with Crippen molar-refractivity contribution in [2.45, 2.75) is 6.42 Å². The molecular formula is C17H21NO5S2. The molecule has 0 atom stereocenters. The van der Waals surface area contributed by atoms with E-state index in [1.807, 2.05) is 0 Å². The SMILES string of the molecule is COCCCN1C(=O)/C(=C/c2cc(OC)c(OC)cc2OC)SC1=S. The van der Waals surface area contributed by atoms with E-state index in [1.165, 1.54) is 11.8 Å². The molecule has 1 heterocycles. The third-order valence-corrected chi connectivity index (χ3v) is 5.00. The number of methoxy groups -OCH3 is 4. The van der Waals surface area contributed by atoms with Crippen molar-refractivity contribution >= 4 is 40.3 Å². The Morgan fingerprint density at radius 3 is 2.32 bits per heavy atom. The predicted octanol–water partition coefficient (Wildman–Crippen LogP) is 2.95. The average Bonchev–Trinajstić information content (AvgIpc) is 2.88. The number of thiocarbonyl (C=S) groups is 1. The van der Waals surface area contributed by atoms with Gasteiger partial charge < -0.3 is 18.9 Å². The van der Waals surface area contributed by atoms with E-state index in [2.05, 4.69) is 0 Å². The van der Waals surface area contributed by atoms with Gasteiger partial charge in [-0.15, -0.1) is 0 Å². The minimum atomic E-state index is -0.108. The van der Waals surface area contributed by atoms with Crippen LogP contribution in [-0.2, 0) is 9.53 Å². The van der Waals surface area contributed by atoms with Crippen LogP contribution in [0.3, 0.4) is 0 Å². The van der Waals surface area contributed by atoms with Gasteiger partial charge in [-0.1, -0.05) is 24.0 Å². The van der Waals surface area contributed by atoms with E-state index in [1.54, 1.807) is 51.5 Å². The molecule has 0 N–H and O–H groups in total. The maximum atomic E-state index is 12.6. The summed E-state index contributed by atoms with van der Waals surface area (Å²) in [5.41, 5.74) is 0.720. The van der Waals surface area contributed by atoms with Gasteiger partial charge in [0.2, 0.25) is 0 Å². The predicted molar refractivity (Wildman–Crippen MR) is 102 cm³/mol. The lowest BCUT2D eigenvalue weighted by Gasteiger charge is -2.14. The summed E-state index contributed by atoms with van der Waals surface area (Å²) in [5.74, 6) is 1.60. The highest BCUT2D eigenvalue weighted by Crippen LogP contribution is 2.38. The lowest BCUT2D eigenvalue weighted by atomic mass is 10.1. The number of nitrogens with zero attached hydrogens (tertiary/aromatic N) is 1. The second-order valence-corrected chi connectivity index (χ2v) is 6.80. The molecule has 25 heavy (non-hydrogen) atoms. The molecule has 0 aromatic heterocycles. The van der Waals surface area contributed by atoms with E-state index >= 15 is 0 Å². The van der Waals surface area contributed by atoms with Crippen LogP contribution in [-0.4, -0.2) is 56.7 Å². The van der Waals surface area contributed by atoms with Crippen molar-refractivity contribution < 1.29 is 23.7 Å². The number of hydrogen-bond donors (Lipinski definition) is 0. The Morgan fingerprint density at radius 1 is 1.08 bits per heavy atom. The Kier molecular flexibility index (Phi) is 7.10. The standard InChI is InChI=1S/C17H21NO5S2/c1-20-7-5-6-18-16(19)15(25-17(18)24)9-11-8-13(22-3)14(23-4)10-12(11)21-2/h8-10H,5-7H2,1-4H3/b15-9-. The number of thioether (sulfide) groups is 1. The van der Waals surface area contributed by atoms with Gasteiger partial charge in [0.15, 0.2) is 11.5 Å². The van der Waals surface area contributed by atoms with Gasteiger partial charge in [-0.25, -0.2) is 0 Å². The third kappa shape index (κ3) is 4.45. The number of rotatable bonds is 8. The number of benzene rings is 1. The molecule has 0 saturated carbocycles. The highest BCUT2D eigenvalue weighted by Gasteiger charge is 2.31. The Hall–Kier alpha value is -1.77. The molecule has 1 fully saturated rings. The molecule has 6 nitrogen and oxygen atoms in total. The molecule has 1 aliphatic rings. The molecule has 0 spiro atoms. The molecule has 1 amide bonds. The van der Waals surface area contributed by atoms with Gasteiger partial charge in [0.25, 0.3) is 5.91 Å². The Morgan fingerprint density at radius 2 is 1.72 bits per heavy atom. The summed E-state index contributed by atoms with van der Waals surface area (Å²) in [6.45, 7) is 1.12. The van der Waals surface area contributed by atoms with Crippen LogP contribution in [0.15, 0.2) is 17.0 Å². The van der Waals surface area contributed by atoms with E-state index in [4.69, 9.17) is 31.2 Å². The van der Waals surface area contributed by atoms with Crippen molar-refractivity contribution in [2.75, 3.05) is 41.6 Å². The van der Waals surface area contributed by atoms with E-state index in [0.717, 1.165) is 12.0 Å². The van der Waals surface area contributed by atoms with E-state index < -0.39 is 0 Å². The molecule has 2 rings (SSSR count). The van der Waals surface area contributed by atoms with Crippen molar-refractivity contribution in [3.63, 3.8) is 0 Å². The fourth-order valence-corrected chi connectivity index (χ4v) is 3.67. The molecule has 0 unspecified atom stereocenters. The van der Waals surface area contributed by atoms with E-state index in [-0.39, 0.29) is 5.91 Å². The molecule has 136 valence electrons. The first kappa shape index (κ1) is 19.6. The van der Waals surface area contributed by atoms with Crippen molar-refractivity contribution in [2.24, 2.45) is 0 Å². The molecule has 0 aliphatic carbocycles. The van der Waals surface area contributed by atoms with Crippen LogP contribution < -0.4 is 14.2 Å². The van der Waals surface area contributed by atoms with Crippen molar-refractivity contribution in [1.82, 2.24) is 4.90 Å². The molecule has 0 bridgehead atoms. The first-order valence-electron chi connectivity index (χ1n) is 7.60. The van der Waals surface area contributed by atoms with Gasteiger partial charge in [-0.05, 0) is 18.6 Å². The number of amides is 1. The molecule has 1 aliphatic heterocycles. The Labute approximate surface area is 157 Å². The first-order valence-corrected chi connectivity index (χ1v) is 8.82. The van der Waals surface area contributed by atoms with Gasteiger partial charge >= 0.3 is 0 Å². The van der Waals surface area contributed by atoms with Gasteiger partial charge in [-0.2, -0.15) is 0 Å². The zero-order chi connectivity index (χ0) is 18.4. The molecule has 8 heteroatoms. The summed E-state index contributed by atoms with van der Waals surface area (Å²) < 4.78 is 21.6. The van der Waals surface area contributed by atoms with Crippen molar-refractivity contribution in [3.8, 4) is 17.2 Å². The maximum Gasteiger partial charge on any atom is 0.266 e. The van der Waals surface area contributed by atoms with Crippen LogP contribution in [0.25, 0.3) is 6.08 Å². The average molecular weight is 383 g/mol. The van der Waals surface area contributed by atoms with Crippen LogP contribution in [0.2, 0.25) is 0 Å². The number of carbonyl (C=O) groups is 1. The largest absolute Gasteiger partial charge is 0.496 e. The maximum absolute atomic E-state index is 12.6. The highest BCUT2D eigenvalue weighted by atomic mass is 32.2. The monoisotopic (exact) mass is 383 g/mol. The summed E-state index contributed by atoms with van der Waals surface area (Å²) >= 11 is 6.60. The molecule has 1 aromatic carbocycles. The van der Waals surface area contributed by atoms with Crippen LogP contribution in [0.4, 0.5) is 0 Å². The Balaban J connectivity index is 2.30. The van der Waals surface area contributed by atoms with Crippen molar-refractivity contribution in [3.05, 3.63) is 22.6 Å². The zero-order valence-electron chi connectivity index (χ0n) is 14.7. The summed E-state index contributed by atoms with van der Waals surface area (Å²) in [6.07, 6.45) is 2.49. The van der Waals surface area contributed by atoms with Crippen molar-refractivity contribution in [1.29, 1.82) is 0 Å². The molecular weight excluding hydrogens is 362 g/mol. The van der Waals surface area contributed by atoms with Gasteiger partial charge in [0, 0.05) is 31.9 Å². The normalized spacial score (nSPS) is 15.8. The fourth-order valence-electron chi connectivity index (χ4n) is 2.37. The van der Waals surface area contributed by atoms with Gasteiger partial charge in [-0.3, -0.25) is 9.69 Å². The third-order valence-electron chi connectivity index (χ3n) is 3.63. The molecule has 1 saturated heterocycles. The summed E-state index contributed by atoms with van der Waals surface area (Å²) in [7, 11) is 6.31. The minimum Gasteiger partial charge on any atom is -0.496 e. The summed E-state index contributed by atoms with van der Waals surface area (Å²) in [4.78, 5) is 14.7. The van der Waals surface area contributed by atoms with Gasteiger partial charge in [0.05, 0.1) is 26.2 Å². The smallest absolute Gasteiger partial charge is 0.266 e. The number of hydrogen-bond acceptors (Lipinski definition) is 7. The zero-order valence-corrected chi connectivity index (χ0v) is 16.3. The lowest BCUT2D eigenvalue weighted by molar-refractivity contribution is -0.122. The topological polar surface area (TPSA) is 57.2 Å². The minimum absolute atomic E-state index is 0.108. The first-order chi connectivity index (χ1) is 12.0. The van der Waals surface area contributed by atoms with Crippen LogP contribution in [0, 0.1) is 0 Å². The van der Waals surface area contributed by atoms with Crippen LogP contribution >= 0.6 is 24.0 Å². The second-order valence-electron chi connectivity index (χ2n) is 5.13. The summed E-state index contributed by atoms with van der Waals surface area (Å²) in [5, 5.41) is 0. The van der Waals surface area contributed by atoms with E-state index in [9.17, 15) is 4.79 Å².